The van der Waals surface area contributed by atoms with Gasteiger partial charge in [0, 0.05) is 18.0 Å². The highest BCUT2D eigenvalue weighted by Crippen LogP contribution is 2.28. The summed E-state index contributed by atoms with van der Waals surface area (Å²) in [6.45, 7) is 1.90. The van der Waals surface area contributed by atoms with Gasteiger partial charge in [0.1, 0.15) is 11.8 Å². The molecule has 0 aliphatic rings. The van der Waals surface area contributed by atoms with Crippen LogP contribution in [0.25, 0.3) is 16.7 Å². The van der Waals surface area contributed by atoms with E-state index in [1.165, 1.54) is 18.5 Å². The van der Waals surface area contributed by atoms with Crippen LogP contribution < -0.4 is 5.73 Å². The zero-order valence-electron chi connectivity index (χ0n) is 10.1. The van der Waals surface area contributed by atoms with E-state index in [4.69, 9.17) is 5.73 Å². The Labute approximate surface area is 108 Å². The standard InChI is InChI=1S/C13H11FN4O/c1-7-5-18(8-2-3-9(14)10(19)4-8)12-11(7)16-6-17-13(12)15/h2-6,19H,1H3,(H2,15,16,17). The molecule has 3 aromatic rings. The van der Waals surface area contributed by atoms with Crippen LogP contribution in [0.2, 0.25) is 0 Å². The van der Waals surface area contributed by atoms with Gasteiger partial charge in [-0.2, -0.15) is 0 Å². The predicted octanol–water partition coefficient (Wildman–Crippen LogP) is 2.16. The molecule has 0 radical (unpaired) electrons. The molecule has 0 bridgehead atoms. The highest BCUT2D eigenvalue weighted by Gasteiger charge is 2.13. The number of fused-ring (bicyclic) bond motifs is 1. The fourth-order valence-electron chi connectivity index (χ4n) is 2.09. The lowest BCUT2D eigenvalue weighted by Crippen LogP contribution is -1.99. The lowest BCUT2D eigenvalue weighted by atomic mass is 10.3. The van der Waals surface area contributed by atoms with Gasteiger partial charge in [0.15, 0.2) is 17.4 Å². The summed E-state index contributed by atoms with van der Waals surface area (Å²) in [5, 5.41) is 9.46. The minimum Gasteiger partial charge on any atom is -0.505 e. The second-order valence-electron chi connectivity index (χ2n) is 4.27. The number of halogens is 1. The third kappa shape index (κ3) is 1.69. The number of nitrogen functional groups attached to an aromatic ring is 1. The van der Waals surface area contributed by atoms with Gasteiger partial charge >= 0.3 is 0 Å². The summed E-state index contributed by atoms with van der Waals surface area (Å²) in [5.74, 6) is -0.740. The van der Waals surface area contributed by atoms with E-state index in [0.717, 1.165) is 11.1 Å². The number of aromatic hydroxyl groups is 1. The van der Waals surface area contributed by atoms with Gasteiger partial charge in [0.2, 0.25) is 0 Å². The Morgan fingerprint density at radius 1 is 1.32 bits per heavy atom. The summed E-state index contributed by atoms with van der Waals surface area (Å²) < 4.78 is 14.8. The Balaban J connectivity index is 2.33. The zero-order valence-corrected chi connectivity index (χ0v) is 10.1. The minimum absolute atomic E-state index is 0.335. The van der Waals surface area contributed by atoms with E-state index in [2.05, 4.69) is 9.97 Å². The molecule has 0 saturated carbocycles. The largest absolute Gasteiger partial charge is 0.505 e. The average molecular weight is 258 g/mol. The van der Waals surface area contributed by atoms with Crippen molar-refractivity contribution in [2.75, 3.05) is 5.73 Å². The molecule has 0 amide bonds. The Morgan fingerprint density at radius 3 is 2.84 bits per heavy atom. The van der Waals surface area contributed by atoms with Crippen LogP contribution in [0.1, 0.15) is 5.56 Å². The topological polar surface area (TPSA) is 77.0 Å². The first-order valence-electron chi connectivity index (χ1n) is 5.65. The normalized spacial score (nSPS) is 11.1. The van der Waals surface area contributed by atoms with E-state index < -0.39 is 11.6 Å². The summed E-state index contributed by atoms with van der Waals surface area (Å²) in [6.07, 6.45) is 3.22. The molecule has 0 saturated heterocycles. The van der Waals surface area contributed by atoms with Crippen LogP contribution in [-0.4, -0.2) is 19.6 Å². The first-order chi connectivity index (χ1) is 9.08. The van der Waals surface area contributed by atoms with Gasteiger partial charge in [0.25, 0.3) is 0 Å². The number of benzene rings is 1. The maximum atomic E-state index is 13.1. The lowest BCUT2D eigenvalue weighted by molar-refractivity contribution is 0.432. The lowest BCUT2D eigenvalue weighted by Gasteiger charge is -2.07. The number of phenolic OH excluding ortho intramolecular Hbond substituents is 1. The van der Waals surface area contributed by atoms with Crippen molar-refractivity contribution in [3.8, 4) is 11.4 Å². The molecule has 2 aromatic heterocycles. The molecule has 0 aliphatic carbocycles. The Bertz CT molecular complexity index is 782. The molecule has 3 rings (SSSR count). The van der Waals surface area contributed by atoms with Gasteiger partial charge in [-0.15, -0.1) is 0 Å². The van der Waals surface area contributed by atoms with Crippen molar-refractivity contribution in [2.45, 2.75) is 6.92 Å². The molecule has 19 heavy (non-hydrogen) atoms. The van der Waals surface area contributed by atoms with Gasteiger partial charge in [0.05, 0.1) is 5.52 Å². The summed E-state index contributed by atoms with van der Waals surface area (Å²) in [6, 6.07) is 4.09. The number of phenols is 1. The highest BCUT2D eigenvalue weighted by atomic mass is 19.1. The fourth-order valence-corrected chi connectivity index (χ4v) is 2.09. The van der Waals surface area contributed by atoms with Crippen molar-refractivity contribution in [1.82, 2.24) is 14.5 Å². The molecule has 6 heteroatoms. The Morgan fingerprint density at radius 2 is 2.11 bits per heavy atom. The van der Waals surface area contributed by atoms with E-state index >= 15 is 0 Å². The number of anilines is 1. The van der Waals surface area contributed by atoms with Gasteiger partial charge in [-0.3, -0.25) is 0 Å². The van der Waals surface area contributed by atoms with Crippen molar-refractivity contribution < 1.29 is 9.50 Å². The molecule has 0 spiro atoms. The van der Waals surface area contributed by atoms with Crippen LogP contribution in [0.3, 0.4) is 0 Å². The Hall–Kier alpha value is -2.63. The van der Waals surface area contributed by atoms with Crippen molar-refractivity contribution in [3.05, 3.63) is 42.1 Å². The summed E-state index contributed by atoms with van der Waals surface area (Å²) in [5.41, 5.74) is 8.76. The van der Waals surface area contributed by atoms with E-state index in [9.17, 15) is 9.50 Å². The van der Waals surface area contributed by atoms with Crippen molar-refractivity contribution >= 4 is 16.9 Å². The number of hydrogen-bond acceptors (Lipinski definition) is 4. The summed E-state index contributed by atoms with van der Waals surface area (Å²) in [7, 11) is 0. The molecule has 5 nitrogen and oxygen atoms in total. The van der Waals surface area contributed by atoms with Crippen molar-refractivity contribution in [3.63, 3.8) is 0 Å². The van der Waals surface area contributed by atoms with Crippen LogP contribution in [0.4, 0.5) is 10.2 Å². The number of aromatic nitrogens is 3. The molecular weight excluding hydrogens is 247 g/mol. The maximum Gasteiger partial charge on any atom is 0.164 e. The molecule has 0 unspecified atom stereocenters. The number of hydrogen-bond donors (Lipinski definition) is 2. The van der Waals surface area contributed by atoms with Crippen LogP contribution >= 0.6 is 0 Å². The van der Waals surface area contributed by atoms with E-state index in [1.807, 2.05) is 13.1 Å². The molecule has 1 aromatic carbocycles. The average Bonchev–Trinajstić information content (AvgIpc) is 2.72. The molecule has 0 aliphatic heterocycles. The maximum absolute atomic E-state index is 13.1. The Kier molecular flexibility index (Phi) is 2.38. The van der Waals surface area contributed by atoms with Crippen molar-refractivity contribution in [2.24, 2.45) is 0 Å². The smallest absolute Gasteiger partial charge is 0.164 e. The van der Waals surface area contributed by atoms with Crippen LogP contribution in [0.15, 0.2) is 30.7 Å². The third-order valence-corrected chi connectivity index (χ3v) is 3.00. The number of aryl methyl sites for hydroxylation is 1. The predicted molar refractivity (Wildman–Crippen MR) is 69.6 cm³/mol. The van der Waals surface area contributed by atoms with Gasteiger partial charge in [-0.05, 0) is 24.6 Å². The fraction of sp³-hybridized carbons (Fsp3) is 0.0769. The highest BCUT2D eigenvalue weighted by molar-refractivity contribution is 5.89. The third-order valence-electron chi connectivity index (χ3n) is 3.00. The second kappa shape index (κ2) is 3.94. The van der Waals surface area contributed by atoms with Crippen LogP contribution in [0.5, 0.6) is 5.75 Å². The van der Waals surface area contributed by atoms with E-state index in [-0.39, 0.29) is 0 Å². The molecule has 96 valence electrons. The van der Waals surface area contributed by atoms with Gasteiger partial charge in [-0.1, -0.05) is 0 Å². The minimum atomic E-state index is -0.666. The van der Waals surface area contributed by atoms with Crippen LogP contribution in [0, 0.1) is 12.7 Å². The van der Waals surface area contributed by atoms with E-state index in [0.29, 0.717) is 17.0 Å². The molecule has 3 N–H and O–H groups in total. The first-order valence-corrected chi connectivity index (χ1v) is 5.65. The van der Waals surface area contributed by atoms with Crippen LogP contribution in [-0.2, 0) is 0 Å². The second-order valence-corrected chi connectivity index (χ2v) is 4.27. The quantitative estimate of drug-likeness (QED) is 0.701. The molecule has 0 atom stereocenters. The van der Waals surface area contributed by atoms with Gasteiger partial charge < -0.3 is 15.4 Å². The molecule has 2 heterocycles. The van der Waals surface area contributed by atoms with Gasteiger partial charge in [-0.25, -0.2) is 14.4 Å². The number of rotatable bonds is 1. The summed E-state index contributed by atoms with van der Waals surface area (Å²) >= 11 is 0. The number of nitrogens with two attached hydrogens (primary N) is 1. The SMILES string of the molecule is Cc1cn(-c2ccc(F)c(O)c2)c2c(N)ncnc12. The molecule has 0 fully saturated rings. The first kappa shape index (κ1) is 11.5. The van der Waals surface area contributed by atoms with E-state index in [1.54, 1.807) is 10.6 Å². The summed E-state index contributed by atoms with van der Waals surface area (Å²) in [4.78, 5) is 8.14. The zero-order chi connectivity index (χ0) is 13.6. The molecular formula is C13H11FN4O. The monoisotopic (exact) mass is 258 g/mol. The number of nitrogens with zero attached hydrogens (tertiary/aromatic N) is 3. The van der Waals surface area contributed by atoms with Crippen molar-refractivity contribution in [1.29, 1.82) is 0 Å².